The summed E-state index contributed by atoms with van der Waals surface area (Å²) in [6, 6.07) is 18.0. The Bertz CT molecular complexity index is 1060. The Morgan fingerprint density at radius 1 is 1.03 bits per heavy atom. The Hall–Kier alpha value is -3.52. The van der Waals surface area contributed by atoms with Gasteiger partial charge in [0.15, 0.2) is 6.54 Å². The minimum atomic E-state index is -0.159. The topological polar surface area (TPSA) is 79.4 Å². The van der Waals surface area contributed by atoms with Crippen LogP contribution in [0.25, 0.3) is 0 Å². The van der Waals surface area contributed by atoms with Gasteiger partial charge in [0.1, 0.15) is 31.5 Å². The van der Waals surface area contributed by atoms with Gasteiger partial charge in [0, 0.05) is 34.2 Å². The van der Waals surface area contributed by atoms with Gasteiger partial charge in [0.05, 0.1) is 0 Å². The van der Waals surface area contributed by atoms with E-state index in [2.05, 4.69) is 46.2 Å². The Morgan fingerprint density at radius 3 is 2.63 bits per heavy atom. The first kappa shape index (κ1) is 24.6. The number of hydrogen-bond acceptors (Lipinski definition) is 6. The second-order valence-electron chi connectivity index (χ2n) is 8.88. The predicted molar refractivity (Wildman–Crippen MR) is 137 cm³/mol. The quantitative estimate of drug-likeness (QED) is 0.619. The minimum Gasteiger partial charge on any atom is -0.493 e. The molecule has 8 nitrogen and oxygen atoms in total. The first-order valence-electron chi connectivity index (χ1n) is 12.1. The lowest BCUT2D eigenvalue weighted by molar-refractivity contribution is -0.376. The Kier molecular flexibility index (Phi) is 8.62. The van der Waals surface area contributed by atoms with E-state index < -0.39 is 0 Å². The lowest BCUT2D eigenvalue weighted by atomic mass is 10.1. The van der Waals surface area contributed by atoms with Crippen molar-refractivity contribution in [3.63, 3.8) is 0 Å². The van der Waals surface area contributed by atoms with Gasteiger partial charge in [-0.25, -0.2) is 4.79 Å². The normalized spacial score (nSPS) is 17.6. The Morgan fingerprint density at radius 2 is 1.83 bits per heavy atom. The number of nitrogens with one attached hydrogen (secondary N) is 1. The highest BCUT2D eigenvalue weighted by Crippen LogP contribution is 2.12. The van der Waals surface area contributed by atoms with E-state index in [1.807, 2.05) is 35.2 Å². The van der Waals surface area contributed by atoms with E-state index in [4.69, 9.17) is 4.74 Å². The van der Waals surface area contributed by atoms with Crippen LogP contribution in [0.2, 0.25) is 0 Å². The number of carbonyl (C=O) groups is 2. The molecular weight excluding hydrogens is 442 g/mol. The maximum Gasteiger partial charge on any atom is 0.389 e. The third-order valence-electron chi connectivity index (χ3n) is 6.02. The van der Waals surface area contributed by atoms with Crippen molar-refractivity contribution >= 4 is 23.7 Å². The lowest BCUT2D eigenvalue weighted by Crippen LogP contribution is -2.78. The summed E-state index contributed by atoms with van der Waals surface area (Å²) in [5, 5.41) is 5.82. The smallest absolute Gasteiger partial charge is 0.389 e. The van der Waals surface area contributed by atoms with Crippen molar-refractivity contribution in [2.45, 2.75) is 26.3 Å². The Labute approximate surface area is 208 Å². The van der Waals surface area contributed by atoms with Crippen LogP contribution in [0.1, 0.15) is 25.4 Å². The molecule has 2 aliphatic rings. The molecule has 0 aromatic heterocycles. The standard InChI is InChI=1S/C27H32N5O3.H2/c1-22-8-10-23(11-9-22)19-30-13-5-14-31(16-15-30)27(34)21-32-20-24(18-28-32)29-26(33)12-17-35-25-6-3-2-4-7-25;/h2-4,6-11,18,20H,5,12-17,19,21H2,1H3;1H/p+1. The maximum absolute atomic E-state index is 12.9. The molecule has 1 radical (unpaired) electrons. The summed E-state index contributed by atoms with van der Waals surface area (Å²) >= 11 is 0. The molecule has 0 unspecified atom stereocenters. The average molecular weight is 478 g/mol. The van der Waals surface area contributed by atoms with Crippen LogP contribution in [0.15, 0.2) is 59.7 Å². The fourth-order valence-electron chi connectivity index (χ4n) is 4.09. The highest BCUT2D eigenvalue weighted by atomic mass is 16.5. The molecule has 2 aromatic carbocycles. The summed E-state index contributed by atoms with van der Waals surface area (Å²) < 4.78 is 5.56. The van der Waals surface area contributed by atoms with Gasteiger partial charge in [-0.05, 0) is 31.0 Å². The molecule has 0 spiro atoms. The molecule has 1 saturated heterocycles. The van der Waals surface area contributed by atoms with Crippen molar-refractivity contribution in [2.24, 2.45) is 5.10 Å². The molecule has 0 bridgehead atoms. The third kappa shape index (κ3) is 7.75. The fourth-order valence-corrected chi connectivity index (χ4v) is 4.09. The molecule has 0 aliphatic carbocycles. The van der Waals surface area contributed by atoms with Crippen molar-refractivity contribution in [3.05, 3.63) is 72.3 Å². The van der Waals surface area contributed by atoms with Crippen LogP contribution in [-0.2, 0) is 16.1 Å². The number of nitrogens with zero attached hydrogens (tertiary/aromatic N) is 4. The van der Waals surface area contributed by atoms with Crippen molar-refractivity contribution in [1.29, 1.82) is 0 Å². The zero-order valence-corrected chi connectivity index (χ0v) is 20.2. The van der Waals surface area contributed by atoms with Crippen LogP contribution < -0.4 is 9.73 Å². The van der Waals surface area contributed by atoms with Gasteiger partial charge in [0.25, 0.3) is 0 Å². The molecule has 4 rings (SSSR count). The molecule has 0 atom stereocenters. The number of rotatable bonds is 8. The Balaban J connectivity index is 0.00000361. The van der Waals surface area contributed by atoms with Crippen LogP contribution in [-0.4, -0.2) is 77.9 Å². The van der Waals surface area contributed by atoms with Gasteiger partial charge in [-0.1, -0.05) is 48.0 Å². The summed E-state index contributed by atoms with van der Waals surface area (Å²) in [5.74, 6) is 0.617. The number of benzene rings is 2. The number of ether oxygens (including phenoxy) is 1. The number of aryl methyl sites for hydroxylation is 1. The van der Waals surface area contributed by atoms with Gasteiger partial charge in [-0.2, -0.15) is 10.1 Å². The summed E-state index contributed by atoms with van der Waals surface area (Å²) in [5.41, 5.74) is 3.13. The molecule has 2 amide bonds. The average Bonchev–Trinajstić information content (AvgIpc) is 3.15. The molecule has 35 heavy (non-hydrogen) atoms. The number of para-hydroxylation sites is 1. The van der Waals surface area contributed by atoms with E-state index in [-0.39, 0.29) is 26.2 Å². The highest BCUT2D eigenvalue weighted by Gasteiger charge is 2.25. The van der Waals surface area contributed by atoms with Crippen molar-refractivity contribution in [1.82, 2.24) is 14.8 Å². The van der Waals surface area contributed by atoms with E-state index in [9.17, 15) is 9.59 Å². The van der Waals surface area contributed by atoms with Crippen LogP contribution in [0, 0.1) is 13.5 Å². The van der Waals surface area contributed by atoms with Crippen LogP contribution in [0.5, 0.6) is 5.75 Å². The van der Waals surface area contributed by atoms with Gasteiger partial charge in [-0.3, -0.25) is 14.7 Å². The predicted octanol–water partition coefficient (Wildman–Crippen LogP) is 1.26. The van der Waals surface area contributed by atoms with Crippen LogP contribution in [0.3, 0.4) is 0 Å². The number of carbonyl (C=O) groups excluding carboxylic acids is 2. The molecule has 185 valence electrons. The molecule has 1 N–H and O–H groups in total. The first-order valence-corrected chi connectivity index (χ1v) is 12.1. The lowest BCUT2D eigenvalue weighted by Gasteiger charge is -2.23. The summed E-state index contributed by atoms with van der Waals surface area (Å²) in [6.07, 6.45) is 2.74. The van der Waals surface area contributed by atoms with Gasteiger partial charge in [0.2, 0.25) is 11.6 Å². The molecular formula is C27H35N5O3+. The summed E-state index contributed by atoms with van der Waals surface area (Å²) in [7, 11) is 0. The van der Waals surface area contributed by atoms with Crippen molar-refractivity contribution in [3.8, 4) is 5.75 Å². The minimum absolute atomic E-state index is 0. The van der Waals surface area contributed by atoms with Gasteiger partial charge >= 0.3 is 5.91 Å². The molecule has 8 heteroatoms. The van der Waals surface area contributed by atoms with E-state index >= 15 is 0 Å². The fraction of sp³-hybridized carbons (Fsp3) is 0.370. The van der Waals surface area contributed by atoms with E-state index in [0.717, 1.165) is 38.3 Å². The van der Waals surface area contributed by atoms with Crippen LogP contribution in [0.4, 0.5) is 0 Å². The second-order valence-corrected chi connectivity index (χ2v) is 8.88. The summed E-state index contributed by atoms with van der Waals surface area (Å²) in [4.78, 5) is 32.2. The molecule has 2 heterocycles. The zero-order chi connectivity index (χ0) is 24.5. The molecule has 0 saturated carbocycles. The van der Waals surface area contributed by atoms with Crippen molar-refractivity contribution in [2.75, 3.05) is 39.3 Å². The van der Waals surface area contributed by atoms with Crippen LogP contribution >= 0.6 is 0 Å². The zero-order valence-electron chi connectivity index (χ0n) is 20.2. The monoisotopic (exact) mass is 477 g/mol. The van der Waals surface area contributed by atoms with Crippen molar-refractivity contribution < 1.29 is 20.7 Å². The second kappa shape index (κ2) is 12.3. The SMILES string of the molecule is Cc1ccc(CN2CCCN(C(=O)CN3[CH]C(=[NH+]C(=O)CCOc4ccccc4)C=N3)CC2)cc1.[HH]. The largest absolute Gasteiger partial charge is 0.493 e. The molecule has 1 fully saturated rings. The third-order valence-corrected chi connectivity index (χ3v) is 6.02. The van der Waals surface area contributed by atoms with E-state index in [1.165, 1.54) is 11.1 Å². The van der Waals surface area contributed by atoms with E-state index in [0.29, 0.717) is 18.9 Å². The highest BCUT2D eigenvalue weighted by molar-refractivity contribution is 6.33. The summed E-state index contributed by atoms with van der Waals surface area (Å²) in [6.45, 7) is 8.42. The van der Waals surface area contributed by atoms with Gasteiger partial charge < -0.3 is 9.64 Å². The number of hydrazone groups is 1. The maximum atomic E-state index is 12.9. The van der Waals surface area contributed by atoms with Gasteiger partial charge in [-0.15, -0.1) is 0 Å². The van der Waals surface area contributed by atoms with E-state index in [1.54, 1.807) is 17.8 Å². The number of hydrogen-bond donors (Lipinski definition) is 1. The first-order chi connectivity index (χ1) is 17.0. The molecule has 2 aromatic rings. The number of amides is 2. The molecule has 2 aliphatic heterocycles.